The molecule has 1 saturated heterocycles. The van der Waals surface area contributed by atoms with E-state index in [1.165, 1.54) is 0 Å². The molecule has 2 atom stereocenters. The van der Waals surface area contributed by atoms with Crippen molar-refractivity contribution in [3.05, 3.63) is 36.2 Å². The van der Waals surface area contributed by atoms with E-state index >= 15 is 0 Å². The van der Waals surface area contributed by atoms with Crippen LogP contribution in [0.25, 0.3) is 17.0 Å². The molecule has 7 nitrogen and oxygen atoms in total. The number of alkyl halides is 3. The number of pyridine rings is 1. The van der Waals surface area contributed by atoms with Gasteiger partial charge in [0.25, 0.3) is 0 Å². The number of imidazole rings is 1. The highest BCUT2D eigenvalue weighted by atomic mass is 19.4. The van der Waals surface area contributed by atoms with Crippen LogP contribution in [0.3, 0.4) is 0 Å². The van der Waals surface area contributed by atoms with Crippen LogP contribution in [-0.2, 0) is 0 Å². The highest BCUT2D eigenvalue weighted by molar-refractivity contribution is 5.62. The monoisotopic (exact) mass is 418 g/mol. The maximum Gasteiger partial charge on any atom is 0.395 e. The molecule has 0 radical (unpaired) electrons. The number of anilines is 1. The quantitative estimate of drug-likeness (QED) is 0.663. The van der Waals surface area contributed by atoms with Gasteiger partial charge in [0.2, 0.25) is 0 Å². The third kappa shape index (κ3) is 3.45. The lowest BCUT2D eigenvalue weighted by atomic mass is 10.0. The molecule has 0 unspecified atom stereocenters. The predicted octanol–water partition coefficient (Wildman–Crippen LogP) is 3.24. The van der Waals surface area contributed by atoms with E-state index in [0.717, 1.165) is 24.3 Å². The van der Waals surface area contributed by atoms with Crippen molar-refractivity contribution in [2.75, 3.05) is 25.5 Å². The van der Waals surface area contributed by atoms with E-state index in [1.807, 2.05) is 6.07 Å². The molecule has 1 saturated carbocycles. The Hall–Kier alpha value is -2.88. The molecule has 10 heteroatoms. The SMILES string of the molecule is COc1cc2ncc(-c3cccc(N[C@H]4CNC[C@@H]4C(F)(F)F)n3)n2nc1C1CC1. The van der Waals surface area contributed by atoms with Crippen LogP contribution in [0, 0.1) is 5.92 Å². The van der Waals surface area contributed by atoms with E-state index in [1.54, 1.807) is 36.0 Å². The van der Waals surface area contributed by atoms with Gasteiger partial charge in [0.15, 0.2) is 5.65 Å². The predicted molar refractivity (Wildman–Crippen MR) is 105 cm³/mol. The van der Waals surface area contributed by atoms with Crippen molar-refractivity contribution < 1.29 is 17.9 Å². The Balaban J connectivity index is 1.47. The van der Waals surface area contributed by atoms with E-state index in [9.17, 15) is 13.2 Å². The summed E-state index contributed by atoms with van der Waals surface area (Å²) in [5.41, 5.74) is 2.78. The number of aromatic nitrogens is 4. The smallest absolute Gasteiger partial charge is 0.395 e. The van der Waals surface area contributed by atoms with Gasteiger partial charge in [0.1, 0.15) is 23.0 Å². The summed E-state index contributed by atoms with van der Waals surface area (Å²) >= 11 is 0. The molecule has 2 aliphatic rings. The zero-order chi connectivity index (χ0) is 20.9. The van der Waals surface area contributed by atoms with Crippen molar-refractivity contribution in [3.63, 3.8) is 0 Å². The summed E-state index contributed by atoms with van der Waals surface area (Å²) in [5.74, 6) is 0.0440. The Bertz CT molecular complexity index is 1080. The van der Waals surface area contributed by atoms with Crippen molar-refractivity contribution in [3.8, 4) is 17.1 Å². The first kappa shape index (κ1) is 19.1. The van der Waals surface area contributed by atoms with Gasteiger partial charge in [-0.15, -0.1) is 0 Å². The molecule has 0 amide bonds. The van der Waals surface area contributed by atoms with Crippen molar-refractivity contribution in [1.29, 1.82) is 0 Å². The lowest BCUT2D eigenvalue weighted by Gasteiger charge is -2.22. The number of halogens is 3. The minimum atomic E-state index is -4.26. The first-order chi connectivity index (χ1) is 14.4. The maximum atomic E-state index is 13.2. The third-order valence-corrected chi connectivity index (χ3v) is 5.65. The zero-order valence-electron chi connectivity index (χ0n) is 16.3. The normalized spacial score (nSPS) is 21.9. The molecule has 3 aromatic rings. The lowest BCUT2D eigenvalue weighted by Crippen LogP contribution is -2.38. The fraction of sp³-hybridized carbons (Fsp3) is 0.450. The third-order valence-electron chi connectivity index (χ3n) is 5.65. The van der Waals surface area contributed by atoms with Crippen molar-refractivity contribution in [2.24, 2.45) is 5.92 Å². The summed E-state index contributed by atoms with van der Waals surface area (Å²) in [6, 6.07) is 6.32. The molecule has 5 rings (SSSR count). The molecule has 30 heavy (non-hydrogen) atoms. The standard InChI is InChI=1S/C20H21F3N6O/c1-30-16-7-18-25-10-15(29(18)28-19(16)11-5-6-11)13-3-2-4-17(26-13)27-14-9-24-8-12(14)20(21,22)23/h2-4,7,10-12,14,24H,5-6,8-9H2,1H3,(H,26,27)/t12-,14-/m0/s1. The van der Waals surface area contributed by atoms with E-state index in [2.05, 4.69) is 20.6 Å². The van der Waals surface area contributed by atoms with Gasteiger partial charge in [-0.3, -0.25) is 0 Å². The van der Waals surface area contributed by atoms with Crippen molar-refractivity contribution in [2.45, 2.75) is 31.0 Å². The second-order valence-electron chi connectivity index (χ2n) is 7.75. The second kappa shape index (κ2) is 7.12. The summed E-state index contributed by atoms with van der Waals surface area (Å²) in [6.45, 7) is 0.140. The number of nitrogens with zero attached hydrogens (tertiary/aromatic N) is 4. The highest BCUT2D eigenvalue weighted by Crippen LogP contribution is 2.43. The van der Waals surface area contributed by atoms with Gasteiger partial charge in [-0.1, -0.05) is 6.07 Å². The van der Waals surface area contributed by atoms with Gasteiger partial charge in [-0.25, -0.2) is 14.5 Å². The summed E-state index contributed by atoms with van der Waals surface area (Å²) in [4.78, 5) is 8.94. The first-order valence-corrected chi connectivity index (χ1v) is 9.88. The van der Waals surface area contributed by atoms with Crippen LogP contribution in [-0.4, -0.2) is 52.0 Å². The maximum absolute atomic E-state index is 13.2. The highest BCUT2D eigenvalue weighted by Gasteiger charge is 2.47. The van der Waals surface area contributed by atoms with E-state index in [0.29, 0.717) is 28.8 Å². The Morgan fingerprint density at radius 1 is 1.23 bits per heavy atom. The van der Waals surface area contributed by atoms with Gasteiger partial charge in [-0.05, 0) is 25.0 Å². The molecule has 4 heterocycles. The van der Waals surface area contributed by atoms with Gasteiger partial charge >= 0.3 is 6.18 Å². The van der Waals surface area contributed by atoms with Crippen LogP contribution < -0.4 is 15.4 Å². The molecule has 0 spiro atoms. The van der Waals surface area contributed by atoms with Crippen LogP contribution in [0.1, 0.15) is 24.5 Å². The molecule has 2 N–H and O–H groups in total. The van der Waals surface area contributed by atoms with Crippen LogP contribution in [0.2, 0.25) is 0 Å². The lowest BCUT2D eigenvalue weighted by molar-refractivity contribution is -0.170. The van der Waals surface area contributed by atoms with Gasteiger partial charge < -0.3 is 15.4 Å². The fourth-order valence-electron chi connectivity index (χ4n) is 3.91. The summed E-state index contributed by atoms with van der Waals surface area (Å²) < 4.78 is 46.9. The average molecular weight is 418 g/mol. The van der Waals surface area contributed by atoms with Crippen LogP contribution in [0.15, 0.2) is 30.5 Å². The number of ether oxygens (including phenoxy) is 1. The first-order valence-electron chi connectivity index (χ1n) is 9.88. The van der Waals surface area contributed by atoms with Crippen LogP contribution in [0.4, 0.5) is 19.0 Å². The van der Waals surface area contributed by atoms with Gasteiger partial charge in [0.05, 0.1) is 31.0 Å². The molecule has 0 bridgehead atoms. The minimum Gasteiger partial charge on any atom is -0.495 e. The second-order valence-corrected chi connectivity index (χ2v) is 7.75. The molecule has 0 aromatic carbocycles. The number of hydrogen-bond donors (Lipinski definition) is 2. The van der Waals surface area contributed by atoms with Crippen molar-refractivity contribution >= 4 is 11.5 Å². The number of rotatable bonds is 5. The van der Waals surface area contributed by atoms with Gasteiger partial charge in [0, 0.05) is 25.1 Å². The van der Waals surface area contributed by atoms with E-state index in [-0.39, 0.29) is 13.1 Å². The molecular formula is C20H21F3N6O. The van der Waals surface area contributed by atoms with Crippen LogP contribution >= 0.6 is 0 Å². The van der Waals surface area contributed by atoms with E-state index < -0.39 is 18.1 Å². The Morgan fingerprint density at radius 2 is 2.07 bits per heavy atom. The summed E-state index contributed by atoms with van der Waals surface area (Å²) in [7, 11) is 1.62. The number of methoxy groups -OCH3 is 1. The molecule has 158 valence electrons. The number of nitrogens with one attached hydrogen (secondary N) is 2. The zero-order valence-corrected chi connectivity index (χ0v) is 16.3. The van der Waals surface area contributed by atoms with Crippen LogP contribution in [0.5, 0.6) is 5.75 Å². The average Bonchev–Trinajstić information content (AvgIpc) is 3.31. The topological polar surface area (TPSA) is 76.4 Å². The number of fused-ring (bicyclic) bond motifs is 1. The van der Waals surface area contributed by atoms with Gasteiger partial charge in [-0.2, -0.15) is 18.3 Å². The Kier molecular flexibility index (Phi) is 4.53. The largest absolute Gasteiger partial charge is 0.495 e. The molecular weight excluding hydrogens is 397 g/mol. The Morgan fingerprint density at radius 3 is 2.80 bits per heavy atom. The summed E-state index contributed by atoms with van der Waals surface area (Å²) in [6.07, 6.45) is -0.443. The summed E-state index contributed by atoms with van der Waals surface area (Å²) in [5, 5.41) is 10.5. The number of hydrogen-bond acceptors (Lipinski definition) is 6. The molecule has 2 fully saturated rings. The molecule has 1 aliphatic carbocycles. The molecule has 3 aromatic heterocycles. The minimum absolute atomic E-state index is 0.0934. The molecule has 1 aliphatic heterocycles. The van der Waals surface area contributed by atoms with Crippen molar-refractivity contribution in [1.82, 2.24) is 24.9 Å². The fourth-order valence-corrected chi connectivity index (χ4v) is 3.91. The Labute approximate surface area is 170 Å². The van der Waals surface area contributed by atoms with E-state index in [4.69, 9.17) is 9.84 Å².